The molecule has 2 heterocycles. The smallest absolute Gasteiger partial charge is 0.269 e. The number of hydrogen-bond donors (Lipinski definition) is 2. The van der Waals surface area contributed by atoms with Crippen LogP contribution in [0.15, 0.2) is 18.5 Å². The highest BCUT2D eigenvalue weighted by Crippen LogP contribution is 2.03. The predicted octanol–water partition coefficient (Wildman–Crippen LogP) is 0.678. The van der Waals surface area contributed by atoms with Crippen molar-refractivity contribution in [2.24, 2.45) is 7.05 Å². The number of carbonyl (C=O) groups excluding carboxylic acids is 1. The van der Waals surface area contributed by atoms with Gasteiger partial charge in [0, 0.05) is 32.4 Å². The molecule has 18 heavy (non-hydrogen) atoms. The molecule has 1 amide bonds. The maximum Gasteiger partial charge on any atom is 0.269 e. The summed E-state index contributed by atoms with van der Waals surface area (Å²) < 4.78 is 1.61. The van der Waals surface area contributed by atoms with E-state index < -0.39 is 0 Å². The van der Waals surface area contributed by atoms with Crippen molar-refractivity contribution in [2.75, 3.05) is 6.54 Å². The summed E-state index contributed by atoms with van der Waals surface area (Å²) in [5.74, 6) is 0.769. The minimum Gasteiger partial charge on any atom is -0.350 e. The third-order valence-corrected chi connectivity index (χ3v) is 2.73. The molecule has 6 nitrogen and oxygen atoms in total. The van der Waals surface area contributed by atoms with E-state index in [9.17, 15) is 4.79 Å². The normalized spacial score (nSPS) is 10.6. The number of hydrogen-bond acceptors (Lipinski definition) is 3. The molecule has 2 rings (SSSR count). The standard InChI is InChI=1S/C12H17N5O/c1-3-9-8-10(17(2)16-9)12(18)15-5-4-11-13-6-7-14-11/h6-8H,3-5H2,1-2H3,(H,13,14)(H,15,18). The Kier molecular flexibility index (Phi) is 3.76. The summed E-state index contributed by atoms with van der Waals surface area (Å²) in [4.78, 5) is 19.0. The maximum absolute atomic E-state index is 11.9. The van der Waals surface area contributed by atoms with Gasteiger partial charge in [0.25, 0.3) is 5.91 Å². The highest BCUT2D eigenvalue weighted by Gasteiger charge is 2.11. The number of aryl methyl sites for hydroxylation is 2. The van der Waals surface area contributed by atoms with Gasteiger partial charge in [0.15, 0.2) is 0 Å². The van der Waals surface area contributed by atoms with Gasteiger partial charge in [-0.1, -0.05) is 6.92 Å². The van der Waals surface area contributed by atoms with Crippen molar-refractivity contribution in [3.63, 3.8) is 0 Å². The van der Waals surface area contributed by atoms with E-state index in [4.69, 9.17) is 0 Å². The lowest BCUT2D eigenvalue weighted by Crippen LogP contribution is -2.27. The fourth-order valence-corrected chi connectivity index (χ4v) is 1.73. The molecule has 0 radical (unpaired) electrons. The third kappa shape index (κ3) is 2.77. The van der Waals surface area contributed by atoms with Gasteiger partial charge in [0.2, 0.25) is 0 Å². The Morgan fingerprint density at radius 1 is 1.56 bits per heavy atom. The molecular weight excluding hydrogens is 230 g/mol. The van der Waals surface area contributed by atoms with E-state index in [2.05, 4.69) is 20.4 Å². The van der Waals surface area contributed by atoms with Gasteiger partial charge in [0.05, 0.1) is 5.69 Å². The number of carbonyl (C=O) groups is 1. The number of aromatic amines is 1. The molecule has 0 saturated carbocycles. The van der Waals surface area contributed by atoms with Gasteiger partial charge < -0.3 is 10.3 Å². The Balaban J connectivity index is 1.89. The molecular formula is C12H17N5O. The number of nitrogens with zero attached hydrogens (tertiary/aromatic N) is 3. The fourth-order valence-electron chi connectivity index (χ4n) is 1.73. The average Bonchev–Trinajstić information content (AvgIpc) is 2.98. The van der Waals surface area contributed by atoms with Crippen LogP contribution in [0.5, 0.6) is 0 Å². The highest BCUT2D eigenvalue weighted by molar-refractivity contribution is 5.92. The van der Waals surface area contributed by atoms with Gasteiger partial charge in [-0.25, -0.2) is 4.98 Å². The Morgan fingerprint density at radius 3 is 3.00 bits per heavy atom. The van der Waals surface area contributed by atoms with E-state index in [0.717, 1.165) is 17.9 Å². The summed E-state index contributed by atoms with van der Waals surface area (Å²) in [6.45, 7) is 2.57. The molecule has 0 unspecified atom stereocenters. The summed E-state index contributed by atoms with van der Waals surface area (Å²) >= 11 is 0. The van der Waals surface area contributed by atoms with E-state index in [-0.39, 0.29) is 5.91 Å². The molecule has 6 heteroatoms. The Bertz CT molecular complexity index is 515. The van der Waals surface area contributed by atoms with Crippen LogP contribution in [-0.4, -0.2) is 32.2 Å². The molecule has 0 fully saturated rings. The van der Waals surface area contributed by atoms with Crippen LogP contribution in [0.4, 0.5) is 0 Å². The summed E-state index contributed by atoms with van der Waals surface area (Å²) in [5.41, 5.74) is 1.51. The third-order valence-electron chi connectivity index (χ3n) is 2.73. The minimum absolute atomic E-state index is 0.101. The topological polar surface area (TPSA) is 75.6 Å². The quantitative estimate of drug-likeness (QED) is 0.815. The monoisotopic (exact) mass is 247 g/mol. The molecule has 0 aliphatic carbocycles. The van der Waals surface area contributed by atoms with Gasteiger partial charge in [0.1, 0.15) is 11.5 Å². The van der Waals surface area contributed by atoms with Crippen molar-refractivity contribution in [1.29, 1.82) is 0 Å². The van der Waals surface area contributed by atoms with E-state index in [1.165, 1.54) is 0 Å². The molecule has 0 spiro atoms. The number of imidazole rings is 1. The van der Waals surface area contributed by atoms with Gasteiger partial charge in [-0.2, -0.15) is 5.10 Å². The van der Waals surface area contributed by atoms with Crippen LogP contribution in [0.1, 0.15) is 28.9 Å². The predicted molar refractivity (Wildman–Crippen MR) is 67.2 cm³/mol. The molecule has 96 valence electrons. The molecule has 2 aromatic rings. The van der Waals surface area contributed by atoms with Crippen LogP contribution in [0, 0.1) is 0 Å². The van der Waals surface area contributed by atoms with Crippen molar-refractivity contribution in [1.82, 2.24) is 25.1 Å². The second-order valence-corrected chi connectivity index (χ2v) is 4.04. The highest BCUT2D eigenvalue weighted by atomic mass is 16.2. The zero-order chi connectivity index (χ0) is 13.0. The first-order valence-corrected chi connectivity index (χ1v) is 6.00. The first-order chi connectivity index (χ1) is 8.70. The number of nitrogens with one attached hydrogen (secondary N) is 2. The van der Waals surface area contributed by atoms with Crippen molar-refractivity contribution in [2.45, 2.75) is 19.8 Å². The van der Waals surface area contributed by atoms with Crippen molar-refractivity contribution in [3.05, 3.63) is 35.7 Å². The minimum atomic E-state index is -0.101. The number of H-pyrrole nitrogens is 1. The van der Waals surface area contributed by atoms with Crippen LogP contribution in [-0.2, 0) is 19.9 Å². The summed E-state index contributed by atoms with van der Waals surface area (Å²) in [7, 11) is 1.78. The second-order valence-electron chi connectivity index (χ2n) is 4.04. The Hall–Kier alpha value is -2.11. The van der Waals surface area contributed by atoms with E-state index in [1.807, 2.05) is 13.0 Å². The molecule has 0 atom stereocenters. The van der Waals surface area contributed by atoms with Gasteiger partial charge >= 0.3 is 0 Å². The number of rotatable bonds is 5. The van der Waals surface area contributed by atoms with Crippen LogP contribution >= 0.6 is 0 Å². The fraction of sp³-hybridized carbons (Fsp3) is 0.417. The van der Waals surface area contributed by atoms with Crippen molar-refractivity contribution >= 4 is 5.91 Å². The van der Waals surface area contributed by atoms with Crippen LogP contribution < -0.4 is 5.32 Å². The van der Waals surface area contributed by atoms with Crippen molar-refractivity contribution < 1.29 is 4.79 Å². The summed E-state index contributed by atoms with van der Waals surface area (Å²) in [5, 5.41) is 7.10. The molecule has 2 aromatic heterocycles. The molecule has 0 aliphatic rings. The molecule has 0 aromatic carbocycles. The summed E-state index contributed by atoms with van der Waals surface area (Å²) in [6, 6.07) is 1.82. The maximum atomic E-state index is 11.9. The largest absolute Gasteiger partial charge is 0.350 e. The Morgan fingerprint density at radius 2 is 2.39 bits per heavy atom. The first-order valence-electron chi connectivity index (χ1n) is 6.00. The first kappa shape index (κ1) is 12.3. The lowest BCUT2D eigenvalue weighted by atomic mass is 10.3. The number of aromatic nitrogens is 4. The van der Waals surface area contributed by atoms with Gasteiger partial charge in [-0.05, 0) is 12.5 Å². The zero-order valence-corrected chi connectivity index (χ0v) is 10.6. The molecule has 0 bridgehead atoms. The van der Waals surface area contributed by atoms with E-state index in [1.54, 1.807) is 24.1 Å². The Labute approximate surface area is 105 Å². The average molecular weight is 247 g/mol. The van der Waals surface area contributed by atoms with Crippen molar-refractivity contribution in [3.8, 4) is 0 Å². The van der Waals surface area contributed by atoms with E-state index in [0.29, 0.717) is 18.7 Å². The number of amides is 1. The van der Waals surface area contributed by atoms with Crippen LogP contribution in [0.3, 0.4) is 0 Å². The second kappa shape index (κ2) is 5.48. The SMILES string of the molecule is CCc1cc(C(=O)NCCc2ncc[nH]2)n(C)n1. The molecule has 0 saturated heterocycles. The van der Waals surface area contributed by atoms with Crippen LogP contribution in [0.25, 0.3) is 0 Å². The molecule has 2 N–H and O–H groups in total. The lowest BCUT2D eigenvalue weighted by Gasteiger charge is -2.03. The van der Waals surface area contributed by atoms with Gasteiger partial charge in [-0.15, -0.1) is 0 Å². The molecule has 0 aliphatic heterocycles. The summed E-state index contributed by atoms with van der Waals surface area (Å²) in [6.07, 6.45) is 4.99. The van der Waals surface area contributed by atoms with Crippen LogP contribution in [0.2, 0.25) is 0 Å². The lowest BCUT2D eigenvalue weighted by molar-refractivity contribution is 0.0944. The van der Waals surface area contributed by atoms with E-state index >= 15 is 0 Å². The van der Waals surface area contributed by atoms with Gasteiger partial charge in [-0.3, -0.25) is 9.48 Å². The zero-order valence-electron chi connectivity index (χ0n) is 10.6.